The highest BCUT2D eigenvalue weighted by molar-refractivity contribution is 6.30. The van der Waals surface area contributed by atoms with Gasteiger partial charge < -0.3 is 9.72 Å². The first-order valence-electron chi connectivity index (χ1n) is 8.93. The van der Waals surface area contributed by atoms with Gasteiger partial charge in [-0.15, -0.1) is 0 Å². The summed E-state index contributed by atoms with van der Waals surface area (Å²) < 4.78 is 7.42. The van der Waals surface area contributed by atoms with Crippen molar-refractivity contribution in [2.24, 2.45) is 0 Å². The fourth-order valence-electron chi connectivity index (χ4n) is 4.01. The summed E-state index contributed by atoms with van der Waals surface area (Å²) >= 11 is 5.90. The lowest BCUT2D eigenvalue weighted by Crippen LogP contribution is -2.41. The van der Waals surface area contributed by atoms with Crippen LogP contribution in [0.1, 0.15) is 61.9 Å². The number of aromatic nitrogens is 2. The zero-order valence-electron chi connectivity index (χ0n) is 14.0. The van der Waals surface area contributed by atoms with Crippen LogP contribution in [0.5, 0.6) is 5.75 Å². The number of hydrogen-bond donors (Lipinski definition) is 1. The van der Waals surface area contributed by atoms with Gasteiger partial charge in [0.15, 0.2) is 0 Å². The predicted octanol–water partition coefficient (Wildman–Crippen LogP) is 3.76. The minimum atomic E-state index is -0.303. The maximum atomic E-state index is 12.9. The Morgan fingerprint density at radius 1 is 1.04 bits per heavy atom. The fourth-order valence-corrected chi connectivity index (χ4v) is 4.13. The maximum Gasteiger partial charge on any atom is 0.328 e. The zero-order valence-corrected chi connectivity index (χ0v) is 14.7. The first-order valence-corrected chi connectivity index (χ1v) is 9.31. The summed E-state index contributed by atoms with van der Waals surface area (Å²) in [6.45, 7) is 0. The Bertz CT molecular complexity index is 879. The molecule has 2 aliphatic carbocycles. The molecular formula is C19H21ClN2O3. The van der Waals surface area contributed by atoms with Gasteiger partial charge in [-0.25, -0.2) is 4.79 Å². The van der Waals surface area contributed by atoms with Gasteiger partial charge >= 0.3 is 5.69 Å². The Balaban J connectivity index is 1.65. The quantitative estimate of drug-likeness (QED) is 0.906. The van der Waals surface area contributed by atoms with Crippen molar-refractivity contribution in [3.63, 3.8) is 0 Å². The molecule has 1 atom stereocenters. The summed E-state index contributed by atoms with van der Waals surface area (Å²) in [4.78, 5) is 28.4. The topological polar surface area (TPSA) is 64.1 Å². The summed E-state index contributed by atoms with van der Waals surface area (Å²) in [6, 6.07) is 7.14. The smallest absolute Gasteiger partial charge is 0.328 e. The molecule has 2 aromatic rings. The molecule has 0 unspecified atom stereocenters. The largest absolute Gasteiger partial charge is 0.484 e. The highest BCUT2D eigenvalue weighted by Crippen LogP contribution is 2.32. The number of nitrogens with one attached hydrogen (secondary N) is 1. The van der Waals surface area contributed by atoms with Crippen LogP contribution in [0.25, 0.3) is 0 Å². The van der Waals surface area contributed by atoms with E-state index in [0.717, 1.165) is 25.7 Å². The molecule has 5 nitrogen and oxygen atoms in total. The molecule has 0 bridgehead atoms. The van der Waals surface area contributed by atoms with E-state index >= 15 is 0 Å². The molecule has 25 heavy (non-hydrogen) atoms. The molecule has 0 spiro atoms. The molecule has 1 N–H and O–H groups in total. The Kier molecular flexibility index (Phi) is 4.42. The molecule has 0 aliphatic heterocycles. The number of rotatable bonds is 3. The summed E-state index contributed by atoms with van der Waals surface area (Å²) in [5.74, 6) is 0.680. The lowest BCUT2D eigenvalue weighted by molar-refractivity contribution is 0.202. The Labute approximate surface area is 150 Å². The summed E-state index contributed by atoms with van der Waals surface area (Å²) in [7, 11) is 0. The van der Waals surface area contributed by atoms with Gasteiger partial charge in [-0.05, 0) is 49.9 Å². The Morgan fingerprint density at radius 3 is 2.48 bits per heavy atom. The Hall–Kier alpha value is -2.01. The predicted molar refractivity (Wildman–Crippen MR) is 96.6 cm³/mol. The number of hydrogen-bond acceptors (Lipinski definition) is 3. The highest BCUT2D eigenvalue weighted by atomic mass is 35.5. The minimum Gasteiger partial charge on any atom is -0.484 e. The van der Waals surface area contributed by atoms with Crippen LogP contribution in [0.15, 0.2) is 33.9 Å². The second-order valence-corrected chi connectivity index (χ2v) is 7.32. The van der Waals surface area contributed by atoms with Gasteiger partial charge in [-0.1, -0.05) is 30.9 Å². The number of ether oxygens (including phenoxy) is 1. The van der Waals surface area contributed by atoms with E-state index < -0.39 is 0 Å². The molecule has 6 heteroatoms. The molecular weight excluding hydrogens is 340 g/mol. The average molecular weight is 361 g/mol. The second kappa shape index (κ2) is 6.71. The third-order valence-electron chi connectivity index (χ3n) is 5.27. The first kappa shape index (κ1) is 16.5. The average Bonchev–Trinajstić information content (AvgIpc) is 3.01. The maximum absolute atomic E-state index is 12.9. The summed E-state index contributed by atoms with van der Waals surface area (Å²) in [5, 5.41) is 0.642. The van der Waals surface area contributed by atoms with Crippen LogP contribution in [-0.2, 0) is 6.42 Å². The van der Waals surface area contributed by atoms with Crippen LogP contribution < -0.4 is 16.0 Å². The van der Waals surface area contributed by atoms with Crippen LogP contribution >= 0.6 is 11.6 Å². The highest BCUT2D eigenvalue weighted by Gasteiger charge is 2.31. The molecule has 2 aliphatic rings. The van der Waals surface area contributed by atoms with E-state index in [-0.39, 0.29) is 23.4 Å². The first-order chi connectivity index (χ1) is 12.1. The molecule has 0 saturated heterocycles. The van der Waals surface area contributed by atoms with Gasteiger partial charge in [0.05, 0.1) is 5.69 Å². The number of aromatic amines is 1. The molecule has 1 heterocycles. The molecule has 0 radical (unpaired) electrons. The zero-order chi connectivity index (χ0) is 17.4. The SMILES string of the molecule is O=c1[nH]c2c(c(=O)n1C1CCCCC1)CC[C@H]2Oc1ccc(Cl)cc1. The molecule has 1 saturated carbocycles. The standard InChI is InChI=1S/C19H21ClN2O3/c20-12-6-8-14(9-7-12)25-16-11-10-15-17(16)21-19(24)22(18(15)23)13-4-2-1-3-5-13/h6-9,13,16H,1-5,10-11H2,(H,21,24)/t16-/m1/s1. The van der Waals surface area contributed by atoms with Crippen molar-refractivity contribution in [1.29, 1.82) is 0 Å². The third-order valence-corrected chi connectivity index (χ3v) is 5.52. The van der Waals surface area contributed by atoms with Gasteiger partial charge in [-0.3, -0.25) is 9.36 Å². The van der Waals surface area contributed by atoms with Crippen molar-refractivity contribution in [3.05, 3.63) is 61.4 Å². The van der Waals surface area contributed by atoms with Crippen LogP contribution in [0.2, 0.25) is 5.02 Å². The van der Waals surface area contributed by atoms with Crippen molar-refractivity contribution >= 4 is 11.6 Å². The number of H-pyrrole nitrogens is 1. The van der Waals surface area contributed by atoms with Crippen molar-refractivity contribution in [2.75, 3.05) is 0 Å². The van der Waals surface area contributed by atoms with Gasteiger partial charge in [0.25, 0.3) is 5.56 Å². The molecule has 1 fully saturated rings. The lowest BCUT2D eigenvalue weighted by Gasteiger charge is -2.23. The van der Waals surface area contributed by atoms with Crippen LogP contribution in [0, 0.1) is 0 Å². The van der Waals surface area contributed by atoms with Crippen LogP contribution in [0.4, 0.5) is 0 Å². The number of benzene rings is 1. The fraction of sp³-hybridized carbons (Fsp3) is 0.474. The number of nitrogens with zero attached hydrogens (tertiary/aromatic N) is 1. The lowest BCUT2D eigenvalue weighted by atomic mass is 9.95. The van der Waals surface area contributed by atoms with Gasteiger partial charge in [0.2, 0.25) is 0 Å². The monoisotopic (exact) mass is 360 g/mol. The van der Waals surface area contributed by atoms with Crippen molar-refractivity contribution in [2.45, 2.75) is 57.1 Å². The van der Waals surface area contributed by atoms with Gasteiger partial charge in [0, 0.05) is 16.6 Å². The minimum absolute atomic E-state index is 0.0338. The van der Waals surface area contributed by atoms with Crippen molar-refractivity contribution in [1.82, 2.24) is 9.55 Å². The van der Waals surface area contributed by atoms with Gasteiger partial charge in [0.1, 0.15) is 11.9 Å². The van der Waals surface area contributed by atoms with E-state index in [1.807, 2.05) is 0 Å². The second-order valence-electron chi connectivity index (χ2n) is 6.89. The summed E-state index contributed by atoms with van der Waals surface area (Å²) in [6.07, 6.45) is 6.20. The molecule has 0 amide bonds. The van der Waals surface area contributed by atoms with E-state index in [4.69, 9.17) is 16.3 Å². The number of fused-ring (bicyclic) bond motifs is 1. The van der Waals surface area contributed by atoms with Crippen LogP contribution in [0.3, 0.4) is 0 Å². The molecule has 4 rings (SSSR count). The molecule has 1 aromatic carbocycles. The van der Waals surface area contributed by atoms with Crippen molar-refractivity contribution < 1.29 is 4.74 Å². The Morgan fingerprint density at radius 2 is 1.76 bits per heavy atom. The normalized spacial score (nSPS) is 20.4. The number of halogens is 1. The van der Waals surface area contributed by atoms with Gasteiger partial charge in [-0.2, -0.15) is 0 Å². The molecule has 132 valence electrons. The van der Waals surface area contributed by atoms with E-state index in [2.05, 4.69) is 4.98 Å². The van der Waals surface area contributed by atoms with E-state index in [1.54, 1.807) is 24.3 Å². The van der Waals surface area contributed by atoms with E-state index in [1.165, 1.54) is 11.0 Å². The van der Waals surface area contributed by atoms with Crippen molar-refractivity contribution in [3.8, 4) is 5.75 Å². The van der Waals surface area contributed by atoms with Crippen LogP contribution in [-0.4, -0.2) is 9.55 Å². The van der Waals surface area contributed by atoms with E-state index in [0.29, 0.717) is 34.9 Å². The molecule has 1 aromatic heterocycles. The summed E-state index contributed by atoms with van der Waals surface area (Å²) in [5.41, 5.74) is 0.899. The van der Waals surface area contributed by atoms with E-state index in [9.17, 15) is 9.59 Å². The third kappa shape index (κ3) is 3.13.